The van der Waals surface area contributed by atoms with Crippen molar-refractivity contribution in [3.63, 3.8) is 0 Å². The Morgan fingerprint density at radius 2 is 1.46 bits per heavy atom. The highest BCUT2D eigenvalue weighted by atomic mass is 32.1. The summed E-state index contributed by atoms with van der Waals surface area (Å²) in [7, 11) is 0. The highest BCUT2D eigenvalue weighted by Crippen LogP contribution is 1.93. The van der Waals surface area contributed by atoms with Crippen LogP contribution in [0, 0.1) is 0 Å². The lowest BCUT2D eigenvalue weighted by Gasteiger charge is -2.04. The van der Waals surface area contributed by atoms with E-state index in [-0.39, 0.29) is 0 Å². The van der Waals surface area contributed by atoms with E-state index < -0.39 is 0 Å². The van der Waals surface area contributed by atoms with Gasteiger partial charge in [0.05, 0.1) is 0 Å². The zero-order chi connectivity index (χ0) is 9.78. The van der Waals surface area contributed by atoms with Crippen molar-refractivity contribution < 1.29 is 9.47 Å². The summed E-state index contributed by atoms with van der Waals surface area (Å²) in [6.07, 6.45) is 4.39. The predicted octanol–water partition coefficient (Wildman–Crippen LogP) is 2.53. The molecular formula is C10H22O2S. The fourth-order valence-electron chi connectivity index (χ4n) is 0.927. The van der Waals surface area contributed by atoms with E-state index in [2.05, 4.69) is 19.6 Å². The third kappa shape index (κ3) is 12.3. The van der Waals surface area contributed by atoms with Crippen molar-refractivity contribution in [2.24, 2.45) is 0 Å². The van der Waals surface area contributed by atoms with Crippen LogP contribution in [0.5, 0.6) is 0 Å². The van der Waals surface area contributed by atoms with Gasteiger partial charge in [0.2, 0.25) is 0 Å². The minimum Gasteiger partial charge on any atom is -0.381 e. The Morgan fingerprint density at radius 3 is 2.08 bits per heavy atom. The van der Waals surface area contributed by atoms with Gasteiger partial charge in [0.1, 0.15) is 0 Å². The van der Waals surface area contributed by atoms with E-state index in [1.165, 1.54) is 0 Å². The highest BCUT2D eigenvalue weighted by Gasteiger charge is 1.90. The molecule has 0 saturated heterocycles. The van der Waals surface area contributed by atoms with Crippen LogP contribution in [-0.2, 0) is 9.47 Å². The zero-order valence-electron chi connectivity index (χ0n) is 8.63. The van der Waals surface area contributed by atoms with Crippen molar-refractivity contribution in [3.05, 3.63) is 0 Å². The first-order chi connectivity index (χ1) is 6.41. The van der Waals surface area contributed by atoms with Crippen molar-refractivity contribution in [2.45, 2.75) is 32.6 Å². The molecule has 0 rings (SSSR count). The Kier molecular flexibility index (Phi) is 12.5. The summed E-state index contributed by atoms with van der Waals surface area (Å²) in [6, 6.07) is 0. The first kappa shape index (κ1) is 13.3. The van der Waals surface area contributed by atoms with Crippen molar-refractivity contribution in [1.82, 2.24) is 0 Å². The van der Waals surface area contributed by atoms with Gasteiger partial charge in [-0.2, -0.15) is 12.6 Å². The normalized spacial score (nSPS) is 10.6. The molecule has 0 aliphatic heterocycles. The average Bonchev–Trinajstić information content (AvgIpc) is 2.16. The van der Waals surface area contributed by atoms with Gasteiger partial charge in [0, 0.05) is 26.4 Å². The Bertz CT molecular complexity index is 79.0. The van der Waals surface area contributed by atoms with Crippen LogP contribution in [0.1, 0.15) is 32.6 Å². The lowest BCUT2D eigenvalue weighted by molar-refractivity contribution is 0.0819. The number of hydrogen-bond acceptors (Lipinski definition) is 3. The second-order valence-corrected chi connectivity index (χ2v) is 3.46. The average molecular weight is 206 g/mol. The quantitative estimate of drug-likeness (QED) is 0.437. The maximum absolute atomic E-state index is 5.40. The maximum Gasteiger partial charge on any atom is 0.0487 e. The first-order valence-electron chi connectivity index (χ1n) is 5.18. The van der Waals surface area contributed by atoms with E-state index in [4.69, 9.17) is 9.47 Å². The van der Waals surface area contributed by atoms with Crippen molar-refractivity contribution >= 4 is 12.6 Å². The van der Waals surface area contributed by atoms with Gasteiger partial charge in [-0.25, -0.2) is 0 Å². The monoisotopic (exact) mass is 206 g/mol. The molecule has 80 valence electrons. The number of ether oxygens (including phenoxy) is 2. The SMILES string of the molecule is CCCOCCCOCCCCS. The van der Waals surface area contributed by atoms with Gasteiger partial charge in [-0.1, -0.05) is 6.92 Å². The van der Waals surface area contributed by atoms with E-state index in [1.807, 2.05) is 0 Å². The van der Waals surface area contributed by atoms with Crippen molar-refractivity contribution in [2.75, 3.05) is 32.2 Å². The Hall–Kier alpha value is 0.270. The fourth-order valence-corrected chi connectivity index (χ4v) is 1.15. The molecule has 13 heavy (non-hydrogen) atoms. The molecule has 0 aliphatic carbocycles. The van der Waals surface area contributed by atoms with Crippen LogP contribution in [0.25, 0.3) is 0 Å². The summed E-state index contributed by atoms with van der Waals surface area (Å²) in [5.41, 5.74) is 0. The maximum atomic E-state index is 5.40. The molecule has 0 radical (unpaired) electrons. The van der Waals surface area contributed by atoms with Crippen molar-refractivity contribution in [3.8, 4) is 0 Å². The summed E-state index contributed by atoms with van der Waals surface area (Å²) in [6.45, 7) is 5.53. The standard InChI is InChI=1S/C10H22O2S/c1-2-6-11-8-5-9-12-7-3-4-10-13/h13H,2-10H2,1H3. The number of unbranched alkanes of at least 4 members (excludes halogenated alkanes) is 1. The van der Waals surface area contributed by atoms with Gasteiger partial charge < -0.3 is 9.47 Å². The van der Waals surface area contributed by atoms with Gasteiger partial charge >= 0.3 is 0 Å². The molecule has 3 heteroatoms. The zero-order valence-corrected chi connectivity index (χ0v) is 9.52. The smallest absolute Gasteiger partial charge is 0.0487 e. The van der Waals surface area contributed by atoms with E-state index in [9.17, 15) is 0 Å². The minimum atomic E-state index is 0.830. The topological polar surface area (TPSA) is 18.5 Å². The Morgan fingerprint density at radius 1 is 0.846 bits per heavy atom. The molecule has 0 aromatic heterocycles. The van der Waals surface area contributed by atoms with E-state index >= 15 is 0 Å². The molecule has 0 aromatic rings. The molecular weight excluding hydrogens is 184 g/mol. The van der Waals surface area contributed by atoms with E-state index in [1.54, 1.807) is 0 Å². The van der Waals surface area contributed by atoms with Gasteiger partial charge in [-0.15, -0.1) is 0 Å². The van der Waals surface area contributed by atoms with Crippen LogP contribution in [0.4, 0.5) is 0 Å². The molecule has 0 atom stereocenters. The van der Waals surface area contributed by atoms with Crippen LogP contribution in [0.3, 0.4) is 0 Å². The van der Waals surface area contributed by atoms with Crippen molar-refractivity contribution in [1.29, 1.82) is 0 Å². The van der Waals surface area contributed by atoms with Gasteiger partial charge in [0.15, 0.2) is 0 Å². The second-order valence-electron chi connectivity index (χ2n) is 3.01. The molecule has 0 aromatic carbocycles. The molecule has 0 bridgehead atoms. The van der Waals surface area contributed by atoms with Crippen LogP contribution in [-0.4, -0.2) is 32.2 Å². The number of rotatable bonds is 10. The minimum absolute atomic E-state index is 0.830. The second kappa shape index (κ2) is 12.3. The number of hydrogen-bond donors (Lipinski definition) is 1. The lowest BCUT2D eigenvalue weighted by Crippen LogP contribution is -2.02. The summed E-state index contributed by atoms with van der Waals surface area (Å²) in [5.74, 6) is 0.961. The Labute approximate surface area is 87.4 Å². The van der Waals surface area contributed by atoms with Crippen LogP contribution < -0.4 is 0 Å². The molecule has 0 spiro atoms. The van der Waals surface area contributed by atoms with E-state index in [0.717, 1.165) is 57.9 Å². The van der Waals surface area contributed by atoms with Gasteiger partial charge in [-0.3, -0.25) is 0 Å². The third-order valence-corrected chi connectivity index (χ3v) is 1.94. The predicted molar refractivity (Wildman–Crippen MR) is 59.6 cm³/mol. The van der Waals surface area contributed by atoms with Gasteiger partial charge in [-0.05, 0) is 31.4 Å². The molecule has 0 unspecified atom stereocenters. The molecule has 0 heterocycles. The van der Waals surface area contributed by atoms with Crippen LogP contribution >= 0.6 is 12.6 Å². The molecule has 0 aliphatic rings. The fraction of sp³-hybridized carbons (Fsp3) is 1.00. The third-order valence-electron chi connectivity index (χ3n) is 1.62. The van der Waals surface area contributed by atoms with Crippen LogP contribution in [0.2, 0.25) is 0 Å². The largest absolute Gasteiger partial charge is 0.381 e. The Balaban J connectivity index is 2.76. The molecule has 0 fully saturated rings. The van der Waals surface area contributed by atoms with Crippen LogP contribution in [0.15, 0.2) is 0 Å². The molecule has 2 nitrogen and oxygen atoms in total. The molecule has 0 saturated carbocycles. The highest BCUT2D eigenvalue weighted by molar-refractivity contribution is 7.80. The summed E-state index contributed by atoms with van der Waals surface area (Å²) < 4.78 is 10.7. The molecule has 0 amide bonds. The van der Waals surface area contributed by atoms with E-state index in [0.29, 0.717) is 0 Å². The lowest BCUT2D eigenvalue weighted by atomic mass is 10.3. The number of thiol groups is 1. The summed E-state index contributed by atoms with van der Waals surface area (Å²) >= 11 is 4.13. The van der Waals surface area contributed by atoms with Gasteiger partial charge in [0.25, 0.3) is 0 Å². The summed E-state index contributed by atoms with van der Waals surface area (Å²) in [4.78, 5) is 0. The summed E-state index contributed by atoms with van der Waals surface area (Å²) in [5, 5.41) is 0. The molecule has 0 N–H and O–H groups in total. The first-order valence-corrected chi connectivity index (χ1v) is 5.81.